The summed E-state index contributed by atoms with van der Waals surface area (Å²) in [5, 5.41) is 10.6. The monoisotopic (exact) mass is 217 g/mol. The smallest absolute Gasteiger partial charge is 0.387 e. The largest absolute Gasteiger partial charge is 0.434 e. The Hall–Kier alpha value is -1.72. The number of alkyl halides is 2. The van der Waals surface area contributed by atoms with E-state index in [1.165, 1.54) is 19.1 Å². The molecular weight excluding hydrogens is 208 g/mol. The van der Waals surface area contributed by atoms with Crippen molar-refractivity contribution in [2.24, 2.45) is 0 Å². The van der Waals surface area contributed by atoms with Gasteiger partial charge in [-0.2, -0.15) is 8.78 Å². The number of nitro benzene ring substituents is 1. The van der Waals surface area contributed by atoms with Gasteiger partial charge in [-0.15, -0.1) is 0 Å². The fourth-order valence-electron chi connectivity index (χ4n) is 1.21. The van der Waals surface area contributed by atoms with Crippen molar-refractivity contribution < 1.29 is 18.4 Å². The van der Waals surface area contributed by atoms with Crippen LogP contribution in [0.2, 0.25) is 0 Å². The van der Waals surface area contributed by atoms with Gasteiger partial charge in [-0.1, -0.05) is 0 Å². The summed E-state index contributed by atoms with van der Waals surface area (Å²) in [6.45, 7) is -0.0369. The minimum Gasteiger partial charge on any atom is -0.434 e. The van der Waals surface area contributed by atoms with Crippen LogP contribution < -0.4 is 4.74 Å². The maximum absolute atomic E-state index is 12.0. The number of ether oxygens (including phenoxy) is 1. The van der Waals surface area contributed by atoms with Crippen LogP contribution in [-0.4, -0.2) is 11.5 Å². The first-order chi connectivity index (χ1) is 6.91. The highest BCUT2D eigenvalue weighted by molar-refractivity contribution is 5.51. The van der Waals surface area contributed by atoms with Crippen molar-refractivity contribution in [3.8, 4) is 5.75 Å². The van der Waals surface area contributed by atoms with Crippen molar-refractivity contribution in [2.75, 3.05) is 0 Å². The van der Waals surface area contributed by atoms with E-state index in [4.69, 9.17) is 0 Å². The first kappa shape index (κ1) is 11.4. The Kier molecular flexibility index (Phi) is 3.18. The van der Waals surface area contributed by atoms with Crippen LogP contribution in [0.1, 0.15) is 11.1 Å². The van der Waals surface area contributed by atoms with Gasteiger partial charge in [-0.05, 0) is 25.5 Å². The number of nitro groups is 1. The minimum absolute atomic E-state index is 0.103. The van der Waals surface area contributed by atoms with Gasteiger partial charge >= 0.3 is 6.61 Å². The molecule has 0 unspecified atom stereocenters. The topological polar surface area (TPSA) is 52.4 Å². The molecule has 1 rings (SSSR count). The molecule has 1 aromatic carbocycles. The Morgan fingerprint density at radius 3 is 2.47 bits per heavy atom. The predicted octanol–water partition coefficient (Wildman–Crippen LogP) is 2.81. The molecule has 0 amide bonds. The van der Waals surface area contributed by atoms with Gasteiger partial charge in [0.05, 0.1) is 10.5 Å². The average Bonchev–Trinajstić information content (AvgIpc) is 2.09. The van der Waals surface area contributed by atoms with Gasteiger partial charge < -0.3 is 4.74 Å². The molecule has 0 radical (unpaired) electrons. The maximum atomic E-state index is 12.0. The van der Waals surface area contributed by atoms with E-state index in [0.29, 0.717) is 5.56 Å². The van der Waals surface area contributed by atoms with E-state index >= 15 is 0 Å². The molecule has 15 heavy (non-hydrogen) atoms. The SMILES string of the molecule is Cc1cc(OC(F)F)c(C)c([N+](=O)[O-])c1. The quantitative estimate of drug-likeness (QED) is 0.577. The van der Waals surface area contributed by atoms with Crippen LogP contribution in [0.15, 0.2) is 12.1 Å². The highest BCUT2D eigenvalue weighted by Crippen LogP contribution is 2.30. The van der Waals surface area contributed by atoms with E-state index < -0.39 is 11.5 Å². The Labute approximate surface area is 84.6 Å². The van der Waals surface area contributed by atoms with Gasteiger partial charge in [-0.3, -0.25) is 10.1 Å². The number of hydrogen-bond acceptors (Lipinski definition) is 3. The van der Waals surface area contributed by atoms with Crippen molar-refractivity contribution in [3.05, 3.63) is 33.4 Å². The van der Waals surface area contributed by atoms with Crippen LogP contribution in [0.25, 0.3) is 0 Å². The zero-order chi connectivity index (χ0) is 11.6. The first-order valence-corrected chi connectivity index (χ1v) is 4.12. The lowest BCUT2D eigenvalue weighted by Gasteiger charge is -2.08. The molecule has 0 saturated heterocycles. The third kappa shape index (κ3) is 2.61. The Bertz CT molecular complexity index is 393. The summed E-state index contributed by atoms with van der Waals surface area (Å²) >= 11 is 0. The van der Waals surface area contributed by atoms with Gasteiger partial charge in [0.2, 0.25) is 0 Å². The highest BCUT2D eigenvalue weighted by atomic mass is 19.3. The zero-order valence-electron chi connectivity index (χ0n) is 8.16. The maximum Gasteiger partial charge on any atom is 0.387 e. The summed E-state index contributed by atoms with van der Waals surface area (Å²) in [7, 11) is 0. The molecule has 0 aliphatic heterocycles. The lowest BCUT2D eigenvalue weighted by molar-refractivity contribution is -0.385. The Balaban J connectivity index is 3.22. The van der Waals surface area contributed by atoms with Crippen LogP contribution in [0.3, 0.4) is 0 Å². The van der Waals surface area contributed by atoms with Crippen molar-refractivity contribution in [1.82, 2.24) is 0 Å². The standard InChI is InChI=1S/C9H9F2NO3/c1-5-3-7(12(13)14)6(2)8(4-5)15-9(10)11/h3-4,9H,1-2H3. The number of benzene rings is 1. The van der Waals surface area contributed by atoms with Gasteiger partial charge in [0.15, 0.2) is 0 Å². The first-order valence-electron chi connectivity index (χ1n) is 4.12. The molecule has 0 aliphatic carbocycles. The van der Waals surface area contributed by atoms with E-state index in [9.17, 15) is 18.9 Å². The fraction of sp³-hybridized carbons (Fsp3) is 0.333. The molecule has 0 bridgehead atoms. The molecule has 0 aliphatic rings. The third-order valence-corrected chi connectivity index (χ3v) is 1.89. The molecule has 0 atom stereocenters. The molecule has 1 aromatic rings. The van der Waals surface area contributed by atoms with Gasteiger partial charge in [-0.25, -0.2) is 0 Å². The van der Waals surface area contributed by atoms with Crippen molar-refractivity contribution >= 4 is 5.69 Å². The summed E-state index contributed by atoms with van der Waals surface area (Å²) < 4.78 is 28.1. The molecule has 0 aromatic heterocycles. The van der Waals surface area contributed by atoms with Crippen LogP contribution in [0.5, 0.6) is 5.75 Å². The normalized spacial score (nSPS) is 10.5. The van der Waals surface area contributed by atoms with Gasteiger partial charge in [0, 0.05) is 6.07 Å². The van der Waals surface area contributed by atoms with Gasteiger partial charge in [0.1, 0.15) is 5.75 Å². The van der Waals surface area contributed by atoms with Crippen LogP contribution in [0, 0.1) is 24.0 Å². The van der Waals surface area contributed by atoms with Crippen molar-refractivity contribution in [2.45, 2.75) is 20.5 Å². The molecule has 0 N–H and O–H groups in total. The van der Waals surface area contributed by atoms with E-state index in [2.05, 4.69) is 4.74 Å². The van der Waals surface area contributed by atoms with Crippen LogP contribution in [-0.2, 0) is 0 Å². The van der Waals surface area contributed by atoms with Crippen LogP contribution >= 0.6 is 0 Å². The average molecular weight is 217 g/mol. The number of nitrogens with zero attached hydrogens (tertiary/aromatic N) is 1. The Morgan fingerprint density at radius 2 is 2.00 bits per heavy atom. The molecule has 0 spiro atoms. The van der Waals surface area contributed by atoms with Crippen LogP contribution in [0.4, 0.5) is 14.5 Å². The number of halogens is 2. The summed E-state index contributed by atoms with van der Waals surface area (Å²) in [5.74, 6) is -0.156. The van der Waals surface area contributed by atoms with E-state index in [1.54, 1.807) is 6.92 Å². The Morgan fingerprint density at radius 1 is 1.40 bits per heavy atom. The number of hydrogen-bond donors (Lipinski definition) is 0. The highest BCUT2D eigenvalue weighted by Gasteiger charge is 2.18. The molecule has 0 fully saturated rings. The van der Waals surface area contributed by atoms with E-state index in [1.807, 2.05) is 0 Å². The second-order valence-electron chi connectivity index (χ2n) is 3.04. The minimum atomic E-state index is -2.98. The predicted molar refractivity (Wildman–Crippen MR) is 49.2 cm³/mol. The summed E-state index contributed by atoms with van der Waals surface area (Å²) in [6.07, 6.45) is 0. The summed E-state index contributed by atoms with van der Waals surface area (Å²) in [6, 6.07) is 2.65. The van der Waals surface area contributed by atoms with E-state index in [-0.39, 0.29) is 17.0 Å². The lowest BCUT2D eigenvalue weighted by atomic mass is 10.1. The second-order valence-corrected chi connectivity index (χ2v) is 3.04. The molecule has 0 saturated carbocycles. The second kappa shape index (κ2) is 4.20. The lowest BCUT2D eigenvalue weighted by Crippen LogP contribution is -2.05. The summed E-state index contributed by atoms with van der Waals surface area (Å²) in [4.78, 5) is 9.95. The van der Waals surface area contributed by atoms with Gasteiger partial charge in [0.25, 0.3) is 5.69 Å². The molecule has 4 nitrogen and oxygen atoms in total. The third-order valence-electron chi connectivity index (χ3n) is 1.89. The molecule has 0 heterocycles. The zero-order valence-corrected chi connectivity index (χ0v) is 8.16. The molecular formula is C9H9F2NO3. The number of aryl methyl sites for hydroxylation is 1. The molecule has 6 heteroatoms. The fourth-order valence-corrected chi connectivity index (χ4v) is 1.21. The van der Waals surface area contributed by atoms with E-state index in [0.717, 1.165) is 0 Å². The number of rotatable bonds is 3. The van der Waals surface area contributed by atoms with Crippen molar-refractivity contribution in [1.29, 1.82) is 0 Å². The van der Waals surface area contributed by atoms with Crippen molar-refractivity contribution in [3.63, 3.8) is 0 Å². The molecule has 82 valence electrons. The summed E-state index contributed by atoms with van der Waals surface area (Å²) in [5.41, 5.74) is 0.388.